The van der Waals surface area contributed by atoms with Crippen molar-refractivity contribution in [3.63, 3.8) is 0 Å². The Labute approximate surface area is 199 Å². The Balaban J connectivity index is 2.29. The van der Waals surface area contributed by atoms with Crippen LogP contribution in [0, 0.1) is 6.92 Å². The van der Waals surface area contributed by atoms with Crippen LogP contribution in [-0.2, 0) is 33.3 Å². The normalized spacial score (nSPS) is 19.7. The van der Waals surface area contributed by atoms with E-state index in [1.165, 1.54) is 28.4 Å². The summed E-state index contributed by atoms with van der Waals surface area (Å²) in [6, 6.07) is 17.2. The quantitative estimate of drug-likeness (QED) is 0.430. The van der Waals surface area contributed by atoms with Crippen LogP contribution >= 0.6 is 0 Å². The standard InChI is InChI=1S/C27H28O7/c1-19-11-13-21(14-12-19)16-18-26(17-15-20-9-7-6-8-10-20)22(24(28)30-2)23(25(29)31-3)27(32-4,33-5)34-26/h6-18H,1-5H3/b17-15+,18-16+. The monoisotopic (exact) mass is 464 g/mol. The van der Waals surface area contributed by atoms with Crippen LogP contribution in [0.2, 0.25) is 0 Å². The minimum atomic E-state index is -2.00. The van der Waals surface area contributed by atoms with Crippen LogP contribution in [0.3, 0.4) is 0 Å². The summed E-state index contributed by atoms with van der Waals surface area (Å²) in [5.74, 6) is -3.64. The summed E-state index contributed by atoms with van der Waals surface area (Å²) in [5, 5.41) is 0. The highest BCUT2D eigenvalue weighted by Crippen LogP contribution is 2.47. The average molecular weight is 465 g/mol. The molecule has 0 saturated heterocycles. The van der Waals surface area contributed by atoms with E-state index in [0.29, 0.717) is 0 Å². The molecule has 0 fully saturated rings. The van der Waals surface area contributed by atoms with Crippen LogP contribution in [0.1, 0.15) is 16.7 Å². The molecule has 0 spiro atoms. The van der Waals surface area contributed by atoms with Gasteiger partial charge in [-0.15, -0.1) is 0 Å². The molecule has 0 aliphatic carbocycles. The molecule has 0 bridgehead atoms. The molecule has 1 heterocycles. The van der Waals surface area contributed by atoms with Gasteiger partial charge >= 0.3 is 17.9 Å². The van der Waals surface area contributed by atoms with E-state index in [2.05, 4.69) is 0 Å². The van der Waals surface area contributed by atoms with Crippen molar-refractivity contribution < 1.29 is 33.3 Å². The highest BCUT2D eigenvalue weighted by Gasteiger charge is 2.60. The van der Waals surface area contributed by atoms with Gasteiger partial charge in [0.05, 0.1) is 19.8 Å². The zero-order chi connectivity index (χ0) is 24.8. The second-order valence-corrected chi connectivity index (χ2v) is 7.58. The van der Waals surface area contributed by atoms with Gasteiger partial charge in [-0.05, 0) is 30.2 Å². The molecule has 1 aliphatic rings. The van der Waals surface area contributed by atoms with Gasteiger partial charge in [0.1, 0.15) is 11.2 Å². The van der Waals surface area contributed by atoms with E-state index in [4.69, 9.17) is 23.7 Å². The lowest BCUT2D eigenvalue weighted by molar-refractivity contribution is -0.341. The largest absolute Gasteiger partial charge is 0.466 e. The Hall–Kier alpha value is -3.52. The molecule has 1 aliphatic heterocycles. The molecule has 1 unspecified atom stereocenters. The van der Waals surface area contributed by atoms with E-state index in [9.17, 15) is 9.59 Å². The lowest BCUT2D eigenvalue weighted by Gasteiger charge is -2.31. The summed E-state index contributed by atoms with van der Waals surface area (Å²) in [4.78, 5) is 26.0. The van der Waals surface area contributed by atoms with E-state index < -0.39 is 23.5 Å². The fourth-order valence-corrected chi connectivity index (χ4v) is 3.71. The zero-order valence-corrected chi connectivity index (χ0v) is 19.9. The first-order valence-corrected chi connectivity index (χ1v) is 10.6. The van der Waals surface area contributed by atoms with Crippen LogP contribution in [0.5, 0.6) is 0 Å². The minimum absolute atomic E-state index is 0.110. The first-order valence-electron chi connectivity index (χ1n) is 10.6. The first-order chi connectivity index (χ1) is 16.3. The van der Waals surface area contributed by atoms with Crippen molar-refractivity contribution in [3.05, 3.63) is 94.6 Å². The third-order valence-corrected chi connectivity index (χ3v) is 5.49. The molecule has 2 aromatic rings. The van der Waals surface area contributed by atoms with Crippen molar-refractivity contribution >= 4 is 24.1 Å². The van der Waals surface area contributed by atoms with Crippen molar-refractivity contribution in [1.82, 2.24) is 0 Å². The number of aryl methyl sites for hydroxylation is 1. The van der Waals surface area contributed by atoms with Gasteiger partial charge in [-0.3, -0.25) is 0 Å². The Bertz CT molecular complexity index is 1110. The lowest BCUT2D eigenvalue weighted by atomic mass is 9.89. The summed E-state index contributed by atoms with van der Waals surface area (Å²) >= 11 is 0. The van der Waals surface area contributed by atoms with Crippen LogP contribution < -0.4 is 0 Å². The predicted octanol–water partition coefficient (Wildman–Crippen LogP) is 4.08. The van der Waals surface area contributed by atoms with Gasteiger partial charge in [0.2, 0.25) is 0 Å². The van der Waals surface area contributed by atoms with Gasteiger partial charge in [-0.2, -0.15) is 0 Å². The number of hydrogen-bond donors (Lipinski definition) is 0. The van der Waals surface area contributed by atoms with Crippen molar-refractivity contribution in [3.8, 4) is 0 Å². The number of benzene rings is 2. The van der Waals surface area contributed by atoms with E-state index in [1.54, 1.807) is 24.3 Å². The van der Waals surface area contributed by atoms with Crippen LogP contribution in [0.25, 0.3) is 12.2 Å². The molecular weight excluding hydrogens is 436 g/mol. The van der Waals surface area contributed by atoms with E-state index in [-0.39, 0.29) is 11.1 Å². The molecule has 0 N–H and O–H groups in total. The molecular formula is C27H28O7. The molecule has 0 aromatic heterocycles. The van der Waals surface area contributed by atoms with Crippen LogP contribution in [-0.4, -0.2) is 52.0 Å². The molecule has 2 aromatic carbocycles. The Morgan fingerprint density at radius 3 is 1.74 bits per heavy atom. The number of esters is 2. The van der Waals surface area contributed by atoms with Crippen molar-refractivity contribution in [2.75, 3.05) is 28.4 Å². The number of hydrogen-bond acceptors (Lipinski definition) is 7. The minimum Gasteiger partial charge on any atom is -0.466 e. The number of rotatable bonds is 8. The van der Waals surface area contributed by atoms with Gasteiger partial charge < -0.3 is 23.7 Å². The van der Waals surface area contributed by atoms with Crippen molar-refractivity contribution in [2.24, 2.45) is 0 Å². The van der Waals surface area contributed by atoms with Crippen molar-refractivity contribution in [2.45, 2.75) is 18.5 Å². The summed E-state index contributed by atoms with van der Waals surface area (Å²) in [6.07, 6.45) is 6.88. The van der Waals surface area contributed by atoms with Gasteiger partial charge in [-0.25, -0.2) is 9.59 Å². The molecule has 0 radical (unpaired) electrons. The highest BCUT2D eigenvalue weighted by molar-refractivity contribution is 6.05. The van der Waals surface area contributed by atoms with Gasteiger partial charge in [0.15, 0.2) is 0 Å². The fourth-order valence-electron chi connectivity index (χ4n) is 3.71. The fraction of sp³-hybridized carbons (Fsp3) is 0.259. The maximum Gasteiger partial charge on any atom is 0.342 e. The summed E-state index contributed by atoms with van der Waals surface area (Å²) in [6.45, 7) is 1.99. The summed E-state index contributed by atoms with van der Waals surface area (Å²) < 4.78 is 27.3. The third-order valence-electron chi connectivity index (χ3n) is 5.49. The third kappa shape index (κ3) is 4.87. The predicted molar refractivity (Wildman–Crippen MR) is 127 cm³/mol. The van der Waals surface area contributed by atoms with Crippen LogP contribution in [0.4, 0.5) is 0 Å². The van der Waals surface area contributed by atoms with Crippen molar-refractivity contribution in [1.29, 1.82) is 0 Å². The Morgan fingerprint density at radius 2 is 1.24 bits per heavy atom. The lowest BCUT2D eigenvalue weighted by Crippen LogP contribution is -2.42. The van der Waals surface area contributed by atoms with E-state index >= 15 is 0 Å². The average Bonchev–Trinajstić information content (AvgIpc) is 3.18. The smallest absolute Gasteiger partial charge is 0.342 e. The molecule has 0 saturated carbocycles. The van der Waals surface area contributed by atoms with E-state index in [1.807, 2.05) is 61.5 Å². The number of carbonyl (C=O) groups is 2. The zero-order valence-electron chi connectivity index (χ0n) is 19.9. The maximum atomic E-state index is 13.1. The first kappa shape index (κ1) is 25.1. The molecule has 178 valence electrons. The van der Waals surface area contributed by atoms with Gasteiger partial charge in [-0.1, -0.05) is 72.3 Å². The van der Waals surface area contributed by atoms with Gasteiger partial charge in [0.25, 0.3) is 0 Å². The SMILES string of the molecule is COC(=O)C1=C(C(=O)OC)C(OC)(OC)OC1(/C=C/c1ccccc1)/C=C/c1ccc(C)cc1. The molecule has 7 nitrogen and oxygen atoms in total. The van der Waals surface area contributed by atoms with Crippen LogP contribution in [0.15, 0.2) is 77.9 Å². The molecule has 3 rings (SSSR count). The Kier molecular flexibility index (Phi) is 7.83. The molecule has 34 heavy (non-hydrogen) atoms. The summed E-state index contributed by atoms with van der Waals surface area (Å²) in [7, 11) is 5.03. The van der Waals surface area contributed by atoms with Gasteiger partial charge in [0, 0.05) is 14.2 Å². The number of methoxy groups -OCH3 is 4. The topological polar surface area (TPSA) is 80.3 Å². The summed E-state index contributed by atoms with van der Waals surface area (Å²) in [5.41, 5.74) is 0.889. The number of ether oxygens (including phenoxy) is 5. The highest BCUT2D eigenvalue weighted by atomic mass is 16.9. The maximum absolute atomic E-state index is 13.1. The molecule has 1 atom stereocenters. The molecule has 7 heteroatoms. The second-order valence-electron chi connectivity index (χ2n) is 7.58. The van der Waals surface area contributed by atoms with E-state index in [0.717, 1.165) is 16.7 Å². The molecule has 0 amide bonds. The Morgan fingerprint density at radius 1 is 0.735 bits per heavy atom. The second kappa shape index (κ2) is 10.6. The number of carbonyl (C=O) groups excluding carboxylic acids is 2.